The van der Waals surface area contributed by atoms with Crippen LogP contribution in [0.25, 0.3) is 27.1 Å². The quantitative estimate of drug-likeness (QED) is 0.281. The van der Waals surface area contributed by atoms with Crippen LogP contribution in [0.1, 0.15) is 0 Å². The average Bonchev–Trinajstić information content (AvgIpc) is 2.71. The number of pyridine rings is 2. The van der Waals surface area contributed by atoms with Gasteiger partial charge < -0.3 is 41.0 Å². The minimum Gasteiger partial charge on any atom is -1.00 e. The number of methoxy groups -OCH3 is 4. The number of hydrogen-bond donors (Lipinski definition) is 1. The van der Waals surface area contributed by atoms with Crippen molar-refractivity contribution in [1.82, 2.24) is 0 Å². The molecule has 0 fully saturated rings. The molecule has 0 radical (unpaired) electrons. The van der Waals surface area contributed by atoms with Crippen LogP contribution < -0.4 is 40.3 Å². The van der Waals surface area contributed by atoms with Gasteiger partial charge in [0.25, 0.3) is 0 Å². The second-order valence-electron chi connectivity index (χ2n) is 6.11. The fraction of sp³-hybridized carbons (Fsp3) is 0.190. The summed E-state index contributed by atoms with van der Waals surface area (Å²) in [5.74, 6) is 2.32. The highest BCUT2D eigenvalue weighted by atomic mass is 79.9. The zero-order chi connectivity index (χ0) is 19.1. The van der Waals surface area contributed by atoms with Crippen LogP contribution in [-0.2, 0) is 0 Å². The molecule has 28 heavy (non-hydrogen) atoms. The Labute approximate surface area is 172 Å². The van der Waals surface area contributed by atoms with Gasteiger partial charge in [0.05, 0.1) is 39.2 Å². The first-order chi connectivity index (χ1) is 13.1. The molecule has 7 heteroatoms. The number of fused-ring (bicyclic) bond motifs is 4. The maximum absolute atomic E-state index is 10.5. The molecule has 2 aromatic carbocycles. The van der Waals surface area contributed by atoms with E-state index in [1.807, 2.05) is 41.1 Å². The predicted octanol–water partition coefficient (Wildman–Crippen LogP) is 0.476. The molecule has 4 rings (SSSR count). The van der Waals surface area contributed by atoms with Gasteiger partial charge in [0.1, 0.15) is 0 Å². The summed E-state index contributed by atoms with van der Waals surface area (Å²) in [6.07, 6.45) is 3.80. The molecule has 0 saturated heterocycles. The van der Waals surface area contributed by atoms with Crippen LogP contribution in [0.2, 0.25) is 0 Å². The third-order valence-corrected chi connectivity index (χ3v) is 4.82. The molecule has 0 aliphatic carbocycles. The summed E-state index contributed by atoms with van der Waals surface area (Å²) in [6, 6.07) is 9.57. The van der Waals surface area contributed by atoms with Gasteiger partial charge in [-0.05, 0) is 23.6 Å². The van der Waals surface area contributed by atoms with E-state index in [4.69, 9.17) is 18.9 Å². The third-order valence-electron chi connectivity index (χ3n) is 4.82. The summed E-state index contributed by atoms with van der Waals surface area (Å²) < 4.78 is 23.8. The summed E-state index contributed by atoms with van der Waals surface area (Å²) in [6.45, 7) is 0. The highest BCUT2D eigenvalue weighted by Crippen LogP contribution is 2.44. The lowest BCUT2D eigenvalue weighted by molar-refractivity contribution is -0.509. The molecule has 2 aromatic heterocycles. The lowest BCUT2D eigenvalue weighted by Gasteiger charge is -2.14. The number of rotatable bonds is 4. The Kier molecular flexibility index (Phi) is 5.38. The smallest absolute Gasteiger partial charge is 0.219 e. The van der Waals surface area contributed by atoms with Gasteiger partial charge in [0, 0.05) is 17.5 Å². The second-order valence-corrected chi connectivity index (χ2v) is 6.11. The predicted molar refractivity (Wildman–Crippen MR) is 102 cm³/mol. The van der Waals surface area contributed by atoms with Crippen LogP contribution in [0.15, 0.2) is 42.7 Å². The number of hydrogen-bond acceptors (Lipinski definition) is 5. The van der Waals surface area contributed by atoms with E-state index >= 15 is 0 Å². The van der Waals surface area contributed by atoms with Gasteiger partial charge in [0.2, 0.25) is 11.3 Å². The number of phenolic OH excluding ortho intramolecular Hbond substituents is 1. The third kappa shape index (κ3) is 2.82. The van der Waals surface area contributed by atoms with Crippen molar-refractivity contribution >= 4 is 27.1 Å². The zero-order valence-electron chi connectivity index (χ0n) is 15.9. The first kappa shape index (κ1) is 19.8. The number of phenols is 1. The van der Waals surface area contributed by atoms with Gasteiger partial charge in [-0.1, -0.05) is 0 Å². The number of benzene rings is 2. The largest absolute Gasteiger partial charge is 1.00 e. The molecule has 2 heterocycles. The molecule has 6 nitrogen and oxygen atoms in total. The topological polar surface area (TPSA) is 61.3 Å². The van der Waals surface area contributed by atoms with E-state index in [1.165, 1.54) is 7.11 Å². The van der Waals surface area contributed by atoms with E-state index in [0.717, 1.165) is 21.7 Å². The van der Waals surface area contributed by atoms with Gasteiger partial charge in [-0.2, -0.15) is 4.40 Å². The van der Waals surface area contributed by atoms with Crippen LogP contribution in [0, 0.1) is 0 Å². The second kappa shape index (κ2) is 7.59. The number of aromatic hydroxyl groups is 1. The number of ether oxygens (including phenoxy) is 4. The molecule has 0 amide bonds. The van der Waals surface area contributed by atoms with Crippen molar-refractivity contribution in [3.05, 3.63) is 42.7 Å². The van der Waals surface area contributed by atoms with Gasteiger partial charge in [-0.25, -0.2) is 0 Å². The van der Waals surface area contributed by atoms with Crippen LogP contribution in [0.5, 0.6) is 28.7 Å². The highest BCUT2D eigenvalue weighted by molar-refractivity contribution is 6.03. The molecule has 0 spiro atoms. The van der Waals surface area contributed by atoms with Crippen LogP contribution >= 0.6 is 0 Å². The van der Waals surface area contributed by atoms with Crippen molar-refractivity contribution in [2.75, 3.05) is 28.4 Å². The molecule has 0 unspecified atom stereocenters. The molecule has 146 valence electrons. The minimum absolute atomic E-state index is 0. The number of aromatic nitrogens is 1. The van der Waals surface area contributed by atoms with Gasteiger partial charge in [-0.3, -0.25) is 0 Å². The summed E-state index contributed by atoms with van der Waals surface area (Å²) in [4.78, 5) is 0. The number of nitrogens with zero attached hydrogens (tertiary/aromatic N) is 1. The van der Waals surface area contributed by atoms with E-state index in [9.17, 15) is 5.11 Å². The minimum atomic E-state index is 0. The van der Waals surface area contributed by atoms with Crippen molar-refractivity contribution in [3.8, 4) is 28.7 Å². The number of halogens is 1. The zero-order valence-corrected chi connectivity index (χ0v) is 17.5. The average molecular weight is 446 g/mol. The van der Waals surface area contributed by atoms with E-state index in [1.54, 1.807) is 27.4 Å². The molecular formula is C21H20BrNO5. The van der Waals surface area contributed by atoms with Gasteiger partial charge in [0.15, 0.2) is 35.4 Å². The molecule has 1 N–H and O–H groups in total. The summed E-state index contributed by atoms with van der Waals surface area (Å²) in [7, 11) is 6.33. The first-order valence-electron chi connectivity index (χ1n) is 8.39. The van der Waals surface area contributed by atoms with Crippen LogP contribution in [0.3, 0.4) is 0 Å². The molecule has 0 aliphatic heterocycles. The van der Waals surface area contributed by atoms with Gasteiger partial charge >= 0.3 is 0 Å². The Balaban J connectivity index is 0.00000225. The normalized spacial score (nSPS) is 10.7. The summed E-state index contributed by atoms with van der Waals surface area (Å²) >= 11 is 0. The monoisotopic (exact) mass is 445 g/mol. The Hall–Kier alpha value is -2.93. The molecule has 4 aromatic rings. The highest BCUT2D eigenvalue weighted by Gasteiger charge is 2.21. The lowest BCUT2D eigenvalue weighted by atomic mass is 10.0. The SMILES string of the molecule is COc1cc2c(cc[n+]3cc4c(O)c(OC)ccc4cc23)c(OC)c1OC.[Br-]. The van der Waals surface area contributed by atoms with Crippen molar-refractivity contribution in [2.24, 2.45) is 0 Å². The van der Waals surface area contributed by atoms with Crippen molar-refractivity contribution in [2.45, 2.75) is 0 Å². The Bertz CT molecular complexity index is 1190. The summed E-state index contributed by atoms with van der Waals surface area (Å²) in [5.41, 5.74) is 0.948. The first-order valence-corrected chi connectivity index (χ1v) is 8.39. The standard InChI is InChI=1S/C21H19NO5.BrH/c1-24-17-6-5-12-9-16-14-10-18(25-2)21(27-4)20(26-3)13(14)7-8-22(16)11-15(12)19(17)23;/h5-11H,1-4H3;1H. The maximum Gasteiger partial charge on any atom is 0.219 e. The molecule has 0 aliphatic rings. The lowest BCUT2D eigenvalue weighted by Crippen LogP contribution is -3.00. The van der Waals surface area contributed by atoms with E-state index in [-0.39, 0.29) is 22.7 Å². The van der Waals surface area contributed by atoms with E-state index < -0.39 is 0 Å². The maximum atomic E-state index is 10.5. The van der Waals surface area contributed by atoms with E-state index in [2.05, 4.69) is 0 Å². The van der Waals surface area contributed by atoms with Crippen molar-refractivity contribution in [3.63, 3.8) is 0 Å². The fourth-order valence-corrected chi connectivity index (χ4v) is 3.51. The van der Waals surface area contributed by atoms with E-state index in [0.29, 0.717) is 28.4 Å². The van der Waals surface area contributed by atoms with Crippen molar-refractivity contribution in [1.29, 1.82) is 0 Å². The molecule has 0 bridgehead atoms. The van der Waals surface area contributed by atoms with Crippen molar-refractivity contribution < 1.29 is 45.4 Å². The molecular weight excluding hydrogens is 426 g/mol. The molecule has 0 saturated carbocycles. The summed E-state index contributed by atoms with van der Waals surface area (Å²) in [5, 5.41) is 13.9. The molecule has 0 atom stereocenters. The Morgan fingerprint density at radius 1 is 0.750 bits per heavy atom. The Morgan fingerprint density at radius 2 is 1.46 bits per heavy atom. The fourth-order valence-electron chi connectivity index (χ4n) is 3.51. The Morgan fingerprint density at radius 3 is 2.11 bits per heavy atom. The van der Waals surface area contributed by atoms with Gasteiger partial charge in [-0.15, -0.1) is 0 Å². The van der Waals surface area contributed by atoms with Crippen LogP contribution in [0.4, 0.5) is 0 Å². The van der Waals surface area contributed by atoms with Crippen LogP contribution in [-0.4, -0.2) is 33.5 Å².